The fourth-order valence-corrected chi connectivity index (χ4v) is 2.99. The van der Waals surface area contributed by atoms with Crippen molar-refractivity contribution >= 4 is 0 Å². The maximum atomic E-state index is 9.78. The molecule has 2 saturated heterocycles. The van der Waals surface area contributed by atoms with E-state index in [-0.39, 0.29) is 17.4 Å². The minimum atomic E-state index is -0.182. The summed E-state index contributed by atoms with van der Waals surface area (Å²) in [5.41, 5.74) is 0.919. The molecule has 0 aromatic heterocycles. The number of rotatable bonds is 5. The number of hydrogen-bond acceptors (Lipinski definition) is 4. The van der Waals surface area contributed by atoms with E-state index in [0.29, 0.717) is 33.0 Å². The van der Waals surface area contributed by atoms with Crippen LogP contribution in [0.1, 0.15) is 12.5 Å². The second-order valence-corrected chi connectivity index (χ2v) is 5.46. The van der Waals surface area contributed by atoms with E-state index in [1.54, 1.807) is 0 Å². The molecule has 2 heterocycles. The zero-order valence-electron chi connectivity index (χ0n) is 11.2. The summed E-state index contributed by atoms with van der Waals surface area (Å²) < 4.78 is 16.3. The van der Waals surface area contributed by atoms with Gasteiger partial charge in [0.25, 0.3) is 0 Å². The van der Waals surface area contributed by atoms with Crippen molar-refractivity contribution in [2.75, 3.05) is 39.6 Å². The fraction of sp³-hybridized carbons (Fsp3) is 0.600. The summed E-state index contributed by atoms with van der Waals surface area (Å²) >= 11 is 0. The third-order valence-corrected chi connectivity index (χ3v) is 4.49. The van der Waals surface area contributed by atoms with Gasteiger partial charge < -0.3 is 19.3 Å². The van der Waals surface area contributed by atoms with Gasteiger partial charge in [-0.1, -0.05) is 12.1 Å². The van der Waals surface area contributed by atoms with Gasteiger partial charge in [0.1, 0.15) is 5.75 Å². The summed E-state index contributed by atoms with van der Waals surface area (Å²) in [6.45, 7) is 5.32. The fourth-order valence-electron chi connectivity index (χ4n) is 2.99. The molecule has 104 valence electrons. The lowest BCUT2D eigenvalue weighted by Gasteiger charge is -2.58. The Bertz CT molecular complexity index is 426. The Morgan fingerprint density at radius 2 is 1.74 bits per heavy atom. The number of aliphatic hydroxyl groups is 1. The van der Waals surface area contributed by atoms with Crippen LogP contribution >= 0.6 is 0 Å². The summed E-state index contributed by atoms with van der Waals surface area (Å²) in [6, 6.07) is 8.15. The lowest BCUT2D eigenvalue weighted by atomic mass is 9.57. The standard InChI is InChI=1S/C15H20O4/c1-2-19-13-5-3-12(4-6-13)15(10-18-11-15)14(7-16)8-17-9-14/h3-6,16H,2,7-11H2,1H3. The van der Waals surface area contributed by atoms with Crippen LogP contribution in [-0.4, -0.2) is 44.7 Å². The summed E-state index contributed by atoms with van der Waals surface area (Å²) in [4.78, 5) is 0. The highest BCUT2D eigenvalue weighted by molar-refractivity contribution is 5.37. The molecule has 19 heavy (non-hydrogen) atoms. The van der Waals surface area contributed by atoms with Crippen LogP contribution in [0.4, 0.5) is 0 Å². The van der Waals surface area contributed by atoms with Crippen molar-refractivity contribution < 1.29 is 19.3 Å². The second-order valence-electron chi connectivity index (χ2n) is 5.46. The molecule has 2 fully saturated rings. The molecule has 3 rings (SSSR count). The zero-order chi connectivity index (χ0) is 13.3. The molecule has 1 aromatic carbocycles. The van der Waals surface area contributed by atoms with Gasteiger partial charge >= 0.3 is 0 Å². The Morgan fingerprint density at radius 1 is 1.11 bits per heavy atom. The summed E-state index contributed by atoms with van der Waals surface area (Å²) in [6.07, 6.45) is 0. The van der Waals surface area contributed by atoms with Crippen LogP contribution in [0.5, 0.6) is 5.75 Å². The summed E-state index contributed by atoms with van der Waals surface area (Å²) in [7, 11) is 0. The van der Waals surface area contributed by atoms with E-state index < -0.39 is 0 Å². The maximum Gasteiger partial charge on any atom is 0.119 e. The lowest BCUT2D eigenvalue weighted by molar-refractivity contribution is -0.242. The van der Waals surface area contributed by atoms with Crippen molar-refractivity contribution in [3.8, 4) is 5.75 Å². The molecule has 0 bridgehead atoms. The van der Waals surface area contributed by atoms with Gasteiger partial charge in [-0.05, 0) is 24.6 Å². The van der Waals surface area contributed by atoms with Crippen molar-refractivity contribution in [1.82, 2.24) is 0 Å². The van der Waals surface area contributed by atoms with E-state index in [9.17, 15) is 5.11 Å². The average molecular weight is 264 g/mol. The number of benzene rings is 1. The van der Waals surface area contributed by atoms with E-state index in [4.69, 9.17) is 14.2 Å². The van der Waals surface area contributed by atoms with Crippen LogP contribution in [0.15, 0.2) is 24.3 Å². The van der Waals surface area contributed by atoms with E-state index >= 15 is 0 Å². The second kappa shape index (κ2) is 4.78. The normalized spacial score (nSPS) is 23.3. The molecular formula is C15H20O4. The first kappa shape index (κ1) is 12.9. The Morgan fingerprint density at radius 3 is 2.11 bits per heavy atom. The quantitative estimate of drug-likeness (QED) is 0.872. The Kier molecular flexibility index (Phi) is 3.25. The molecule has 2 aliphatic heterocycles. The van der Waals surface area contributed by atoms with E-state index in [0.717, 1.165) is 5.75 Å². The molecule has 0 amide bonds. The Hall–Kier alpha value is -1.10. The van der Waals surface area contributed by atoms with Gasteiger partial charge in [0.15, 0.2) is 0 Å². The first-order valence-electron chi connectivity index (χ1n) is 6.76. The predicted octanol–water partition coefficient (Wildman–Crippen LogP) is 1.36. The average Bonchev–Trinajstić information content (AvgIpc) is 2.33. The molecule has 0 unspecified atom stereocenters. The lowest BCUT2D eigenvalue weighted by Crippen LogP contribution is -2.68. The van der Waals surface area contributed by atoms with Gasteiger partial charge in [-0.25, -0.2) is 0 Å². The first-order chi connectivity index (χ1) is 9.26. The van der Waals surface area contributed by atoms with Crippen LogP contribution < -0.4 is 4.74 Å². The number of ether oxygens (including phenoxy) is 3. The molecule has 0 atom stereocenters. The van der Waals surface area contributed by atoms with Crippen LogP contribution in [0.2, 0.25) is 0 Å². The minimum Gasteiger partial charge on any atom is -0.494 e. The zero-order valence-corrected chi connectivity index (χ0v) is 11.2. The highest BCUT2D eigenvalue weighted by Gasteiger charge is 2.60. The third kappa shape index (κ3) is 1.78. The largest absolute Gasteiger partial charge is 0.494 e. The number of aliphatic hydroxyl groups excluding tert-OH is 1. The first-order valence-corrected chi connectivity index (χ1v) is 6.76. The molecule has 2 aliphatic rings. The molecular weight excluding hydrogens is 244 g/mol. The van der Waals surface area contributed by atoms with Gasteiger partial charge in [0, 0.05) is 0 Å². The highest BCUT2D eigenvalue weighted by atomic mass is 16.5. The predicted molar refractivity (Wildman–Crippen MR) is 70.4 cm³/mol. The Labute approximate surface area is 113 Å². The van der Waals surface area contributed by atoms with Crippen molar-refractivity contribution in [1.29, 1.82) is 0 Å². The third-order valence-electron chi connectivity index (χ3n) is 4.49. The summed E-state index contributed by atoms with van der Waals surface area (Å²) in [5.74, 6) is 0.879. The molecule has 1 N–H and O–H groups in total. The van der Waals surface area contributed by atoms with Gasteiger partial charge in [0.2, 0.25) is 0 Å². The molecule has 4 heteroatoms. The van der Waals surface area contributed by atoms with Crippen molar-refractivity contribution in [3.05, 3.63) is 29.8 Å². The van der Waals surface area contributed by atoms with Crippen molar-refractivity contribution in [2.45, 2.75) is 12.3 Å². The van der Waals surface area contributed by atoms with Crippen molar-refractivity contribution in [3.63, 3.8) is 0 Å². The smallest absolute Gasteiger partial charge is 0.119 e. The molecule has 0 spiro atoms. The van der Waals surface area contributed by atoms with Gasteiger partial charge in [-0.3, -0.25) is 0 Å². The molecule has 0 aliphatic carbocycles. The topological polar surface area (TPSA) is 47.9 Å². The van der Waals surface area contributed by atoms with E-state index in [2.05, 4.69) is 12.1 Å². The van der Waals surface area contributed by atoms with Gasteiger partial charge in [-0.15, -0.1) is 0 Å². The van der Waals surface area contributed by atoms with Crippen LogP contribution in [-0.2, 0) is 14.9 Å². The minimum absolute atomic E-state index is 0.106. The summed E-state index contributed by atoms with van der Waals surface area (Å²) in [5, 5.41) is 9.78. The monoisotopic (exact) mass is 264 g/mol. The maximum absolute atomic E-state index is 9.78. The van der Waals surface area contributed by atoms with Crippen molar-refractivity contribution in [2.24, 2.45) is 5.41 Å². The number of hydrogen-bond donors (Lipinski definition) is 1. The van der Waals surface area contributed by atoms with E-state index in [1.165, 1.54) is 5.56 Å². The van der Waals surface area contributed by atoms with Gasteiger partial charge in [0.05, 0.1) is 50.5 Å². The van der Waals surface area contributed by atoms with Crippen LogP contribution in [0.25, 0.3) is 0 Å². The Balaban J connectivity index is 1.89. The molecule has 1 aromatic rings. The van der Waals surface area contributed by atoms with Gasteiger partial charge in [-0.2, -0.15) is 0 Å². The molecule has 0 radical (unpaired) electrons. The van der Waals surface area contributed by atoms with E-state index in [1.807, 2.05) is 19.1 Å². The van der Waals surface area contributed by atoms with Crippen LogP contribution in [0, 0.1) is 5.41 Å². The molecule has 4 nitrogen and oxygen atoms in total. The highest BCUT2D eigenvalue weighted by Crippen LogP contribution is 2.51. The van der Waals surface area contributed by atoms with Crippen LogP contribution in [0.3, 0.4) is 0 Å². The molecule has 0 saturated carbocycles. The SMILES string of the molecule is CCOc1ccc(C2(C3(CO)COC3)COC2)cc1.